The Morgan fingerprint density at radius 2 is 1.85 bits per heavy atom. The molecular formula is C17H15N3. The van der Waals surface area contributed by atoms with Gasteiger partial charge in [0.1, 0.15) is 0 Å². The van der Waals surface area contributed by atoms with Crippen molar-refractivity contribution in [3.05, 3.63) is 77.9 Å². The Morgan fingerprint density at radius 1 is 1.05 bits per heavy atom. The summed E-state index contributed by atoms with van der Waals surface area (Å²) in [7, 11) is 0. The highest BCUT2D eigenvalue weighted by molar-refractivity contribution is 6.11. The number of rotatable bonds is 3. The Hall–Kier alpha value is -2.68. The van der Waals surface area contributed by atoms with E-state index in [4.69, 9.17) is 5.41 Å². The van der Waals surface area contributed by atoms with E-state index in [1.54, 1.807) is 12.4 Å². The molecule has 0 bridgehead atoms. The Labute approximate surface area is 117 Å². The quantitative estimate of drug-likeness (QED) is 0.692. The molecule has 3 heteroatoms. The van der Waals surface area contributed by atoms with Crippen LogP contribution in [0.4, 0.5) is 0 Å². The summed E-state index contributed by atoms with van der Waals surface area (Å²) in [5.74, 6) is 0. The zero-order valence-corrected chi connectivity index (χ0v) is 11.2. The molecule has 2 N–H and O–H groups in total. The standard InChI is InChI=1S/C17H15N3/c1-12-4-5-14(13-6-9-19-10-7-13)11-15(12)17(18)16-3-2-8-20-16/h2-11,18,20H,1H3. The average molecular weight is 261 g/mol. The van der Waals surface area contributed by atoms with E-state index in [-0.39, 0.29) is 0 Å². The Kier molecular flexibility index (Phi) is 3.17. The third-order valence-corrected chi connectivity index (χ3v) is 3.39. The normalized spacial score (nSPS) is 10.4. The molecule has 2 aromatic heterocycles. The summed E-state index contributed by atoms with van der Waals surface area (Å²) in [5.41, 5.74) is 5.61. The molecule has 0 aliphatic carbocycles. The smallest absolute Gasteiger partial charge is 0.0849 e. The molecule has 3 aromatic rings. The van der Waals surface area contributed by atoms with E-state index in [1.165, 1.54) is 0 Å². The summed E-state index contributed by atoms with van der Waals surface area (Å²) < 4.78 is 0. The van der Waals surface area contributed by atoms with Gasteiger partial charge in [0.15, 0.2) is 0 Å². The first-order chi connectivity index (χ1) is 9.75. The van der Waals surface area contributed by atoms with Crippen LogP contribution in [0.5, 0.6) is 0 Å². The van der Waals surface area contributed by atoms with Gasteiger partial charge < -0.3 is 4.98 Å². The summed E-state index contributed by atoms with van der Waals surface area (Å²) in [5, 5.41) is 8.34. The molecule has 3 rings (SSSR count). The van der Waals surface area contributed by atoms with E-state index < -0.39 is 0 Å². The van der Waals surface area contributed by atoms with E-state index in [1.807, 2.05) is 37.4 Å². The molecule has 0 saturated heterocycles. The summed E-state index contributed by atoms with van der Waals surface area (Å²) in [6.07, 6.45) is 5.41. The SMILES string of the molecule is Cc1ccc(-c2ccncc2)cc1C(=N)c1ccc[nH]1. The fourth-order valence-electron chi connectivity index (χ4n) is 2.25. The summed E-state index contributed by atoms with van der Waals surface area (Å²) >= 11 is 0. The van der Waals surface area contributed by atoms with Crippen molar-refractivity contribution >= 4 is 5.71 Å². The molecule has 0 saturated carbocycles. The predicted octanol–water partition coefficient (Wildman–Crippen LogP) is 3.80. The van der Waals surface area contributed by atoms with Crippen LogP contribution < -0.4 is 0 Å². The third kappa shape index (κ3) is 2.26. The highest BCUT2D eigenvalue weighted by atomic mass is 14.7. The zero-order chi connectivity index (χ0) is 13.9. The molecule has 0 aliphatic rings. The van der Waals surface area contributed by atoms with Gasteiger partial charge in [0, 0.05) is 24.2 Å². The number of benzene rings is 1. The molecular weight excluding hydrogens is 246 g/mol. The maximum Gasteiger partial charge on any atom is 0.0849 e. The van der Waals surface area contributed by atoms with Crippen LogP contribution in [0.2, 0.25) is 0 Å². The van der Waals surface area contributed by atoms with Crippen LogP contribution in [-0.4, -0.2) is 15.7 Å². The minimum atomic E-state index is 0.517. The maximum atomic E-state index is 8.34. The van der Waals surface area contributed by atoms with Crippen LogP contribution in [0, 0.1) is 12.3 Å². The third-order valence-electron chi connectivity index (χ3n) is 3.39. The molecule has 0 radical (unpaired) electrons. The van der Waals surface area contributed by atoms with Crippen molar-refractivity contribution in [2.45, 2.75) is 6.92 Å². The van der Waals surface area contributed by atoms with Gasteiger partial charge in [-0.1, -0.05) is 12.1 Å². The topological polar surface area (TPSA) is 52.5 Å². The van der Waals surface area contributed by atoms with E-state index in [9.17, 15) is 0 Å². The lowest BCUT2D eigenvalue weighted by molar-refractivity contribution is 1.31. The monoisotopic (exact) mass is 261 g/mol. The first kappa shape index (κ1) is 12.4. The number of hydrogen-bond donors (Lipinski definition) is 2. The number of aromatic amines is 1. The van der Waals surface area contributed by atoms with Gasteiger partial charge in [-0.3, -0.25) is 10.4 Å². The van der Waals surface area contributed by atoms with Crippen LogP contribution in [0.1, 0.15) is 16.8 Å². The zero-order valence-electron chi connectivity index (χ0n) is 11.2. The molecule has 0 unspecified atom stereocenters. The first-order valence-corrected chi connectivity index (χ1v) is 6.49. The fourth-order valence-corrected chi connectivity index (χ4v) is 2.25. The van der Waals surface area contributed by atoms with Crippen molar-refractivity contribution in [1.29, 1.82) is 5.41 Å². The van der Waals surface area contributed by atoms with Crippen molar-refractivity contribution in [2.24, 2.45) is 0 Å². The second kappa shape index (κ2) is 5.13. The van der Waals surface area contributed by atoms with E-state index in [0.717, 1.165) is 27.9 Å². The van der Waals surface area contributed by atoms with Gasteiger partial charge in [-0.25, -0.2) is 0 Å². The van der Waals surface area contributed by atoms with Gasteiger partial charge in [0.05, 0.1) is 11.4 Å². The highest BCUT2D eigenvalue weighted by Gasteiger charge is 2.10. The van der Waals surface area contributed by atoms with Crippen LogP contribution in [-0.2, 0) is 0 Å². The van der Waals surface area contributed by atoms with E-state index in [2.05, 4.69) is 28.2 Å². The van der Waals surface area contributed by atoms with E-state index >= 15 is 0 Å². The molecule has 1 aromatic carbocycles. The van der Waals surface area contributed by atoms with Crippen molar-refractivity contribution < 1.29 is 0 Å². The minimum absolute atomic E-state index is 0.517. The van der Waals surface area contributed by atoms with Gasteiger partial charge in [-0.2, -0.15) is 0 Å². The first-order valence-electron chi connectivity index (χ1n) is 6.49. The van der Waals surface area contributed by atoms with Crippen LogP contribution >= 0.6 is 0 Å². The number of H-pyrrole nitrogens is 1. The molecule has 2 heterocycles. The van der Waals surface area contributed by atoms with Gasteiger partial charge in [-0.05, 0) is 53.9 Å². The Bertz CT molecular complexity index is 728. The Morgan fingerprint density at radius 3 is 2.55 bits per heavy atom. The summed E-state index contributed by atoms with van der Waals surface area (Å²) in [6.45, 7) is 2.03. The molecule has 0 amide bonds. The van der Waals surface area contributed by atoms with Crippen molar-refractivity contribution in [1.82, 2.24) is 9.97 Å². The number of hydrogen-bond acceptors (Lipinski definition) is 2. The van der Waals surface area contributed by atoms with Gasteiger partial charge in [-0.15, -0.1) is 0 Å². The number of aromatic nitrogens is 2. The van der Waals surface area contributed by atoms with E-state index in [0.29, 0.717) is 5.71 Å². The molecule has 98 valence electrons. The highest BCUT2D eigenvalue weighted by Crippen LogP contribution is 2.23. The van der Waals surface area contributed by atoms with Gasteiger partial charge in [0.25, 0.3) is 0 Å². The lowest BCUT2D eigenvalue weighted by atomic mass is 9.96. The maximum absolute atomic E-state index is 8.34. The molecule has 3 nitrogen and oxygen atoms in total. The molecule has 20 heavy (non-hydrogen) atoms. The predicted molar refractivity (Wildman–Crippen MR) is 81.1 cm³/mol. The van der Waals surface area contributed by atoms with Crippen LogP contribution in [0.15, 0.2) is 61.1 Å². The lowest BCUT2D eigenvalue weighted by Crippen LogP contribution is -2.04. The number of pyridine rings is 1. The molecule has 0 aliphatic heterocycles. The number of nitrogens with one attached hydrogen (secondary N) is 2. The Balaban J connectivity index is 2.06. The van der Waals surface area contributed by atoms with Crippen molar-refractivity contribution in [2.75, 3.05) is 0 Å². The number of aryl methyl sites for hydroxylation is 1. The minimum Gasteiger partial charge on any atom is -0.360 e. The lowest BCUT2D eigenvalue weighted by Gasteiger charge is -2.09. The van der Waals surface area contributed by atoms with Crippen molar-refractivity contribution in [3.8, 4) is 11.1 Å². The van der Waals surface area contributed by atoms with Crippen LogP contribution in [0.3, 0.4) is 0 Å². The van der Waals surface area contributed by atoms with Crippen LogP contribution in [0.25, 0.3) is 11.1 Å². The molecule has 0 spiro atoms. The summed E-state index contributed by atoms with van der Waals surface area (Å²) in [4.78, 5) is 7.13. The van der Waals surface area contributed by atoms with Gasteiger partial charge >= 0.3 is 0 Å². The molecule has 0 fully saturated rings. The largest absolute Gasteiger partial charge is 0.360 e. The molecule has 0 atom stereocenters. The average Bonchev–Trinajstić information content (AvgIpc) is 3.02. The fraction of sp³-hybridized carbons (Fsp3) is 0.0588. The van der Waals surface area contributed by atoms with Gasteiger partial charge in [0.2, 0.25) is 0 Å². The summed E-state index contributed by atoms with van der Waals surface area (Å²) in [6, 6.07) is 14.0. The second-order valence-electron chi connectivity index (χ2n) is 4.72. The van der Waals surface area contributed by atoms with Crippen molar-refractivity contribution in [3.63, 3.8) is 0 Å². The second-order valence-corrected chi connectivity index (χ2v) is 4.72. The number of nitrogens with zero attached hydrogens (tertiary/aromatic N) is 1.